The molecule has 2 rings (SSSR count). The quantitative estimate of drug-likeness (QED) is 0.753. The standard InChI is InChI=1S/C15H17ClN2/c1-5-12-11(4)17-15(18-14(12)16)13-9(2)7-6-8-10(13)3/h6-8H,5H2,1-4H3. The molecule has 3 heteroatoms. The summed E-state index contributed by atoms with van der Waals surface area (Å²) in [5.41, 5.74) is 5.44. The van der Waals surface area contributed by atoms with Gasteiger partial charge in [-0.1, -0.05) is 36.7 Å². The largest absolute Gasteiger partial charge is 0.233 e. The number of hydrogen-bond acceptors (Lipinski definition) is 2. The van der Waals surface area contributed by atoms with Gasteiger partial charge < -0.3 is 0 Å². The number of halogens is 1. The molecule has 0 bridgehead atoms. The van der Waals surface area contributed by atoms with Crippen molar-refractivity contribution in [3.05, 3.63) is 45.7 Å². The Kier molecular flexibility index (Phi) is 3.67. The summed E-state index contributed by atoms with van der Waals surface area (Å²) in [6.45, 7) is 8.20. The molecular formula is C15H17ClN2. The first-order valence-corrected chi connectivity index (χ1v) is 6.52. The lowest BCUT2D eigenvalue weighted by Crippen LogP contribution is -2.01. The van der Waals surface area contributed by atoms with Crippen LogP contribution in [0.4, 0.5) is 0 Å². The average molecular weight is 261 g/mol. The SMILES string of the molecule is CCc1c(C)nc(-c2c(C)cccc2C)nc1Cl. The van der Waals surface area contributed by atoms with E-state index in [0.717, 1.165) is 29.1 Å². The maximum absolute atomic E-state index is 6.24. The summed E-state index contributed by atoms with van der Waals surface area (Å²) in [4.78, 5) is 9.05. The van der Waals surface area contributed by atoms with E-state index < -0.39 is 0 Å². The predicted octanol–water partition coefficient (Wildman–Crippen LogP) is 4.28. The van der Waals surface area contributed by atoms with Gasteiger partial charge in [0.2, 0.25) is 0 Å². The first-order chi connectivity index (χ1) is 8.54. The molecule has 0 saturated carbocycles. The minimum atomic E-state index is 0.572. The van der Waals surface area contributed by atoms with E-state index in [1.807, 2.05) is 13.0 Å². The molecule has 0 aliphatic heterocycles. The third-order valence-electron chi connectivity index (χ3n) is 3.22. The third-order valence-corrected chi connectivity index (χ3v) is 3.53. The van der Waals surface area contributed by atoms with Crippen molar-refractivity contribution in [1.29, 1.82) is 0 Å². The molecule has 0 radical (unpaired) electrons. The first-order valence-electron chi connectivity index (χ1n) is 6.14. The summed E-state index contributed by atoms with van der Waals surface area (Å²) in [7, 11) is 0. The fraction of sp³-hybridized carbons (Fsp3) is 0.333. The summed E-state index contributed by atoms with van der Waals surface area (Å²) in [6, 6.07) is 6.19. The maximum Gasteiger partial charge on any atom is 0.161 e. The molecule has 0 fully saturated rings. The van der Waals surface area contributed by atoms with Gasteiger partial charge in [-0.15, -0.1) is 0 Å². The second-order valence-electron chi connectivity index (χ2n) is 4.52. The molecule has 1 aromatic carbocycles. The van der Waals surface area contributed by atoms with Gasteiger partial charge in [0.1, 0.15) is 5.15 Å². The molecular weight excluding hydrogens is 244 g/mol. The van der Waals surface area contributed by atoms with E-state index in [9.17, 15) is 0 Å². The van der Waals surface area contributed by atoms with Crippen LogP contribution in [0.25, 0.3) is 11.4 Å². The Morgan fingerprint density at radius 1 is 1.06 bits per heavy atom. The molecule has 2 aromatic rings. The minimum Gasteiger partial charge on any atom is -0.233 e. The molecule has 1 aromatic heterocycles. The number of nitrogens with zero attached hydrogens (tertiary/aromatic N) is 2. The minimum absolute atomic E-state index is 0.572. The van der Waals surface area contributed by atoms with Crippen molar-refractivity contribution in [3.8, 4) is 11.4 Å². The van der Waals surface area contributed by atoms with Crippen LogP contribution in [0.1, 0.15) is 29.3 Å². The normalized spacial score (nSPS) is 10.7. The molecule has 0 unspecified atom stereocenters. The van der Waals surface area contributed by atoms with E-state index in [1.54, 1.807) is 0 Å². The molecule has 0 amide bonds. The Morgan fingerprint density at radius 2 is 1.67 bits per heavy atom. The highest BCUT2D eigenvalue weighted by molar-refractivity contribution is 6.30. The average Bonchev–Trinajstić information content (AvgIpc) is 2.28. The zero-order chi connectivity index (χ0) is 13.3. The van der Waals surface area contributed by atoms with Gasteiger partial charge in [-0.25, -0.2) is 9.97 Å². The lowest BCUT2D eigenvalue weighted by atomic mass is 10.0. The molecule has 94 valence electrons. The van der Waals surface area contributed by atoms with E-state index >= 15 is 0 Å². The second-order valence-corrected chi connectivity index (χ2v) is 4.88. The Bertz CT molecular complexity index is 548. The molecule has 0 saturated heterocycles. The third kappa shape index (κ3) is 2.25. The van der Waals surface area contributed by atoms with Crippen molar-refractivity contribution in [2.45, 2.75) is 34.1 Å². The zero-order valence-corrected chi connectivity index (χ0v) is 12.0. The van der Waals surface area contributed by atoms with E-state index in [0.29, 0.717) is 5.15 Å². The van der Waals surface area contributed by atoms with Crippen LogP contribution in [0.15, 0.2) is 18.2 Å². The van der Waals surface area contributed by atoms with Crippen molar-refractivity contribution < 1.29 is 0 Å². The summed E-state index contributed by atoms with van der Waals surface area (Å²) < 4.78 is 0. The number of benzene rings is 1. The van der Waals surface area contributed by atoms with E-state index in [-0.39, 0.29) is 0 Å². The van der Waals surface area contributed by atoms with Gasteiger partial charge in [0.15, 0.2) is 5.82 Å². The van der Waals surface area contributed by atoms with Crippen LogP contribution in [-0.4, -0.2) is 9.97 Å². The Labute approximate surface area is 113 Å². The molecule has 18 heavy (non-hydrogen) atoms. The summed E-state index contributed by atoms with van der Waals surface area (Å²) >= 11 is 6.24. The molecule has 0 aliphatic carbocycles. The Morgan fingerprint density at radius 3 is 2.17 bits per heavy atom. The van der Waals surface area contributed by atoms with Crippen LogP contribution < -0.4 is 0 Å². The smallest absolute Gasteiger partial charge is 0.161 e. The van der Waals surface area contributed by atoms with Crippen LogP contribution in [0, 0.1) is 20.8 Å². The van der Waals surface area contributed by atoms with Crippen molar-refractivity contribution >= 4 is 11.6 Å². The van der Waals surface area contributed by atoms with Gasteiger partial charge in [0, 0.05) is 16.8 Å². The monoisotopic (exact) mass is 260 g/mol. The number of aryl methyl sites for hydroxylation is 3. The first kappa shape index (κ1) is 13.0. The van der Waals surface area contributed by atoms with E-state index in [4.69, 9.17) is 11.6 Å². The molecule has 0 aliphatic rings. The Balaban J connectivity index is 2.66. The van der Waals surface area contributed by atoms with Crippen molar-refractivity contribution in [1.82, 2.24) is 9.97 Å². The highest BCUT2D eigenvalue weighted by Crippen LogP contribution is 2.27. The lowest BCUT2D eigenvalue weighted by molar-refractivity contribution is 0.999. The lowest BCUT2D eigenvalue weighted by Gasteiger charge is -2.11. The van der Waals surface area contributed by atoms with E-state index in [1.165, 1.54) is 11.1 Å². The van der Waals surface area contributed by atoms with Crippen molar-refractivity contribution in [3.63, 3.8) is 0 Å². The van der Waals surface area contributed by atoms with Gasteiger partial charge in [0.05, 0.1) is 0 Å². The predicted molar refractivity (Wildman–Crippen MR) is 76.1 cm³/mol. The van der Waals surface area contributed by atoms with Gasteiger partial charge in [-0.05, 0) is 38.3 Å². The molecule has 1 heterocycles. The maximum atomic E-state index is 6.24. The van der Waals surface area contributed by atoms with Crippen molar-refractivity contribution in [2.75, 3.05) is 0 Å². The summed E-state index contributed by atoms with van der Waals surface area (Å²) in [6.07, 6.45) is 0.859. The second kappa shape index (κ2) is 5.07. The number of hydrogen-bond donors (Lipinski definition) is 0. The van der Waals surface area contributed by atoms with Gasteiger partial charge >= 0.3 is 0 Å². The van der Waals surface area contributed by atoms with Crippen LogP contribution in [0.3, 0.4) is 0 Å². The zero-order valence-electron chi connectivity index (χ0n) is 11.2. The van der Waals surface area contributed by atoms with Crippen LogP contribution in [0.2, 0.25) is 5.15 Å². The highest BCUT2D eigenvalue weighted by atomic mass is 35.5. The van der Waals surface area contributed by atoms with Crippen LogP contribution in [-0.2, 0) is 6.42 Å². The highest BCUT2D eigenvalue weighted by Gasteiger charge is 2.13. The molecule has 0 spiro atoms. The topological polar surface area (TPSA) is 25.8 Å². The number of rotatable bonds is 2. The Hall–Kier alpha value is -1.41. The number of aromatic nitrogens is 2. The van der Waals surface area contributed by atoms with Gasteiger partial charge in [0.25, 0.3) is 0 Å². The molecule has 0 N–H and O–H groups in total. The molecule has 2 nitrogen and oxygen atoms in total. The van der Waals surface area contributed by atoms with Gasteiger partial charge in [-0.3, -0.25) is 0 Å². The summed E-state index contributed by atoms with van der Waals surface area (Å²) in [5.74, 6) is 0.727. The fourth-order valence-corrected chi connectivity index (χ4v) is 2.59. The van der Waals surface area contributed by atoms with Crippen LogP contribution >= 0.6 is 11.6 Å². The van der Waals surface area contributed by atoms with Crippen molar-refractivity contribution in [2.24, 2.45) is 0 Å². The molecule has 0 atom stereocenters. The summed E-state index contributed by atoms with van der Waals surface area (Å²) in [5, 5.41) is 0.572. The van der Waals surface area contributed by atoms with E-state index in [2.05, 4.69) is 42.9 Å². The van der Waals surface area contributed by atoms with Crippen LogP contribution in [0.5, 0.6) is 0 Å². The van der Waals surface area contributed by atoms with Gasteiger partial charge in [-0.2, -0.15) is 0 Å². The fourth-order valence-electron chi connectivity index (χ4n) is 2.24.